The van der Waals surface area contributed by atoms with E-state index in [-0.39, 0.29) is 0 Å². The van der Waals surface area contributed by atoms with E-state index in [1.807, 2.05) is 0 Å². The Morgan fingerprint density at radius 3 is 1.64 bits per heavy atom. The highest BCUT2D eigenvalue weighted by molar-refractivity contribution is 6.85. The molecule has 0 radical (unpaired) electrons. The van der Waals surface area contributed by atoms with Crippen molar-refractivity contribution in [1.29, 1.82) is 0 Å². The van der Waals surface area contributed by atoms with Crippen LogP contribution in [0.2, 0.25) is 30.2 Å². The molecule has 126 valence electrons. The van der Waals surface area contributed by atoms with Crippen molar-refractivity contribution in [2.45, 2.75) is 64.8 Å². The molecule has 1 aromatic carbocycles. The molecule has 1 rings (SSSR count). The van der Waals surface area contributed by atoms with Gasteiger partial charge in [-0.05, 0) is 25.1 Å². The molecule has 22 heavy (non-hydrogen) atoms. The van der Waals surface area contributed by atoms with E-state index in [0.717, 1.165) is 19.3 Å². The minimum atomic E-state index is -2.30. The van der Waals surface area contributed by atoms with E-state index in [0.29, 0.717) is 0 Å². The van der Waals surface area contributed by atoms with E-state index in [9.17, 15) is 0 Å². The highest BCUT2D eigenvalue weighted by Gasteiger charge is 2.42. The van der Waals surface area contributed by atoms with E-state index < -0.39 is 16.6 Å². The lowest BCUT2D eigenvalue weighted by atomic mass is 10.4. The number of hydrogen-bond donors (Lipinski definition) is 0. The molecular formula is C18H34O2Si2. The van der Waals surface area contributed by atoms with Gasteiger partial charge in [-0.25, -0.2) is 0 Å². The maximum Gasteiger partial charge on any atom is 0.372 e. The van der Waals surface area contributed by atoms with Crippen molar-refractivity contribution in [3.8, 4) is 0 Å². The molecule has 0 aliphatic carbocycles. The van der Waals surface area contributed by atoms with Crippen LogP contribution in [0.5, 0.6) is 0 Å². The Kier molecular flexibility index (Phi) is 8.61. The summed E-state index contributed by atoms with van der Waals surface area (Å²) in [5.41, 5.74) is 0. The van der Waals surface area contributed by atoms with Gasteiger partial charge >= 0.3 is 8.56 Å². The zero-order chi connectivity index (χ0) is 16.5. The second kappa shape index (κ2) is 9.65. The lowest BCUT2D eigenvalue weighted by Gasteiger charge is -2.35. The van der Waals surface area contributed by atoms with Crippen LogP contribution in [-0.4, -0.2) is 29.8 Å². The van der Waals surface area contributed by atoms with Crippen LogP contribution in [0, 0.1) is 0 Å². The Hall–Kier alpha value is -0.426. The second-order valence-electron chi connectivity index (χ2n) is 6.05. The summed E-state index contributed by atoms with van der Waals surface area (Å²) >= 11 is 0. The molecule has 0 aliphatic heterocycles. The first-order chi connectivity index (χ1) is 10.6. The summed E-state index contributed by atoms with van der Waals surface area (Å²) in [7, 11) is -3.44. The van der Waals surface area contributed by atoms with Gasteiger partial charge in [-0.2, -0.15) is 0 Å². The normalized spacial score (nSPS) is 12.6. The molecule has 0 fully saturated rings. The maximum absolute atomic E-state index is 6.32. The van der Waals surface area contributed by atoms with Gasteiger partial charge in [-0.15, -0.1) is 0 Å². The van der Waals surface area contributed by atoms with Crippen molar-refractivity contribution in [3.05, 3.63) is 30.3 Å². The first-order valence-corrected chi connectivity index (χ1v) is 13.8. The molecule has 0 saturated carbocycles. The summed E-state index contributed by atoms with van der Waals surface area (Å²) in [6.07, 6.45) is 0. The largest absolute Gasteiger partial charge is 0.391 e. The average molecular weight is 339 g/mol. The van der Waals surface area contributed by atoms with E-state index in [1.54, 1.807) is 0 Å². The highest BCUT2D eigenvalue weighted by Crippen LogP contribution is 2.30. The van der Waals surface area contributed by atoms with E-state index in [1.165, 1.54) is 29.4 Å². The van der Waals surface area contributed by atoms with Gasteiger partial charge in [0.2, 0.25) is 0 Å². The van der Waals surface area contributed by atoms with Crippen LogP contribution in [0.1, 0.15) is 34.6 Å². The fourth-order valence-corrected chi connectivity index (χ4v) is 12.0. The van der Waals surface area contributed by atoms with Gasteiger partial charge in [-0.3, -0.25) is 0 Å². The van der Waals surface area contributed by atoms with Crippen LogP contribution in [0.3, 0.4) is 0 Å². The zero-order valence-electron chi connectivity index (χ0n) is 15.2. The molecule has 0 saturated heterocycles. The van der Waals surface area contributed by atoms with Gasteiger partial charge in [0.15, 0.2) is 0 Å². The monoisotopic (exact) mass is 338 g/mol. The first-order valence-electron chi connectivity index (χ1n) is 8.95. The van der Waals surface area contributed by atoms with Crippen molar-refractivity contribution < 1.29 is 8.85 Å². The fourth-order valence-electron chi connectivity index (χ4n) is 3.37. The Bertz CT molecular complexity index is 391. The molecule has 0 aromatic heterocycles. The quantitative estimate of drug-likeness (QED) is 0.533. The van der Waals surface area contributed by atoms with Crippen molar-refractivity contribution in [1.82, 2.24) is 0 Å². The zero-order valence-corrected chi connectivity index (χ0v) is 17.2. The molecule has 0 bridgehead atoms. The molecule has 0 spiro atoms. The lowest BCUT2D eigenvalue weighted by Crippen LogP contribution is -2.55. The molecule has 0 heterocycles. The Balaban J connectivity index is 3.04. The summed E-state index contributed by atoms with van der Waals surface area (Å²) in [5, 5.41) is 1.30. The highest BCUT2D eigenvalue weighted by atomic mass is 28.4. The van der Waals surface area contributed by atoms with E-state index in [2.05, 4.69) is 65.0 Å². The fraction of sp³-hybridized carbons (Fsp3) is 0.667. The standard InChI is InChI=1S/C18H34O2Si2/c1-6-19-22(20-7-2,18-14-12-11-13-15-18)17-16-21(8-3,9-4)10-5/h11-15H,6-10,16-17H2,1-5H3. The predicted molar refractivity (Wildman–Crippen MR) is 102 cm³/mol. The number of rotatable bonds is 11. The van der Waals surface area contributed by atoms with Crippen LogP contribution in [-0.2, 0) is 8.85 Å². The Labute approximate surface area is 139 Å². The van der Waals surface area contributed by atoms with Crippen molar-refractivity contribution in [2.75, 3.05) is 13.2 Å². The minimum Gasteiger partial charge on any atom is -0.391 e. The molecule has 2 nitrogen and oxygen atoms in total. The smallest absolute Gasteiger partial charge is 0.372 e. The summed E-state index contributed by atoms with van der Waals surface area (Å²) in [5.74, 6) is 0. The van der Waals surface area contributed by atoms with Crippen LogP contribution < -0.4 is 5.19 Å². The van der Waals surface area contributed by atoms with Crippen LogP contribution >= 0.6 is 0 Å². The van der Waals surface area contributed by atoms with Crippen LogP contribution in [0.25, 0.3) is 0 Å². The van der Waals surface area contributed by atoms with Crippen molar-refractivity contribution in [2.24, 2.45) is 0 Å². The summed E-state index contributed by atoms with van der Waals surface area (Å²) in [6, 6.07) is 17.3. The summed E-state index contributed by atoms with van der Waals surface area (Å²) in [4.78, 5) is 0. The third-order valence-corrected chi connectivity index (χ3v) is 15.1. The molecule has 4 heteroatoms. The van der Waals surface area contributed by atoms with E-state index >= 15 is 0 Å². The summed E-state index contributed by atoms with van der Waals surface area (Å²) in [6.45, 7) is 12.8. The number of benzene rings is 1. The van der Waals surface area contributed by atoms with Crippen molar-refractivity contribution >= 4 is 21.8 Å². The molecule has 1 aromatic rings. The Morgan fingerprint density at radius 1 is 0.727 bits per heavy atom. The third kappa shape index (κ3) is 4.78. The molecule has 0 amide bonds. The molecule has 0 atom stereocenters. The maximum atomic E-state index is 6.32. The SMILES string of the molecule is CCO[Si](CC[Si](CC)(CC)CC)(OCC)c1ccccc1. The minimum absolute atomic E-state index is 0.736. The van der Waals surface area contributed by atoms with Gasteiger partial charge < -0.3 is 8.85 Å². The topological polar surface area (TPSA) is 18.5 Å². The number of hydrogen-bond acceptors (Lipinski definition) is 2. The van der Waals surface area contributed by atoms with Gasteiger partial charge in [0, 0.05) is 13.2 Å². The average Bonchev–Trinajstić information content (AvgIpc) is 2.57. The van der Waals surface area contributed by atoms with Gasteiger partial charge in [0.1, 0.15) is 0 Å². The lowest BCUT2D eigenvalue weighted by molar-refractivity contribution is 0.197. The van der Waals surface area contributed by atoms with Gasteiger partial charge in [0.05, 0.1) is 8.07 Å². The van der Waals surface area contributed by atoms with Crippen LogP contribution in [0.4, 0.5) is 0 Å². The summed E-state index contributed by atoms with van der Waals surface area (Å²) < 4.78 is 12.6. The molecule has 0 aliphatic rings. The van der Waals surface area contributed by atoms with Gasteiger partial charge in [-0.1, -0.05) is 75.3 Å². The molecule has 0 N–H and O–H groups in total. The third-order valence-electron chi connectivity index (χ3n) is 5.20. The molecule has 0 unspecified atom stereocenters. The van der Waals surface area contributed by atoms with Gasteiger partial charge in [0.25, 0.3) is 0 Å². The first kappa shape index (κ1) is 19.6. The van der Waals surface area contributed by atoms with Crippen LogP contribution in [0.15, 0.2) is 30.3 Å². The van der Waals surface area contributed by atoms with Crippen molar-refractivity contribution in [3.63, 3.8) is 0 Å². The van der Waals surface area contributed by atoms with E-state index in [4.69, 9.17) is 8.85 Å². The molecular weight excluding hydrogens is 304 g/mol. The second-order valence-corrected chi connectivity index (χ2v) is 14.8. The Morgan fingerprint density at radius 2 is 1.23 bits per heavy atom. The predicted octanol–water partition coefficient (Wildman–Crippen LogP) is 4.92.